The average molecular weight is 299 g/mol. The fourth-order valence-electron chi connectivity index (χ4n) is 1.64. The zero-order valence-electron chi connectivity index (χ0n) is 9.94. The summed E-state index contributed by atoms with van der Waals surface area (Å²) in [5, 5.41) is 0. The molecule has 0 spiro atoms. The first-order chi connectivity index (χ1) is 8.03. The summed E-state index contributed by atoms with van der Waals surface area (Å²) < 4.78 is 63.8. The summed E-state index contributed by atoms with van der Waals surface area (Å²) in [6, 6.07) is 0. The molecule has 1 aromatic rings. The van der Waals surface area contributed by atoms with Crippen LogP contribution in [0.25, 0.3) is 0 Å². The highest BCUT2D eigenvalue weighted by Gasteiger charge is 2.26. The molecule has 104 valence electrons. The number of aromatic nitrogens is 2. The van der Waals surface area contributed by atoms with Crippen LogP contribution in [0.1, 0.15) is 18.4 Å². The Bertz CT molecular complexity index is 643. The van der Waals surface area contributed by atoms with Crippen molar-refractivity contribution in [3.8, 4) is 0 Å². The van der Waals surface area contributed by atoms with Crippen LogP contribution >= 0.6 is 0 Å². The highest BCUT2D eigenvalue weighted by molar-refractivity contribution is 7.85. The Morgan fingerprint density at radius 1 is 1.17 bits per heavy atom. The predicted octanol–water partition coefficient (Wildman–Crippen LogP) is -0.892. The molecule has 0 fully saturated rings. The Morgan fingerprint density at radius 2 is 1.67 bits per heavy atom. The normalized spacial score (nSPS) is 12.9. The van der Waals surface area contributed by atoms with Crippen molar-refractivity contribution >= 4 is 20.2 Å². The average Bonchev–Trinajstić information content (AvgIpc) is 2.41. The van der Waals surface area contributed by atoms with Gasteiger partial charge in [0.15, 0.2) is 11.4 Å². The lowest BCUT2D eigenvalue weighted by atomic mass is 10.5. The van der Waals surface area contributed by atoms with Crippen LogP contribution in [0.5, 0.6) is 0 Å². The number of imidazole rings is 1. The summed E-state index contributed by atoms with van der Waals surface area (Å²) >= 11 is 0. The lowest BCUT2D eigenvalue weighted by Crippen LogP contribution is -2.36. The minimum absolute atomic E-state index is 0.234. The number of aryl methyl sites for hydroxylation is 1. The largest absolute Gasteiger partial charge is 0.285 e. The van der Waals surface area contributed by atoms with E-state index in [1.54, 1.807) is 6.92 Å². The topological polar surface area (TPSA) is 118 Å². The molecule has 1 heterocycles. The first-order valence-electron chi connectivity index (χ1n) is 5.00. The van der Waals surface area contributed by atoms with Gasteiger partial charge in [0.2, 0.25) is 0 Å². The molecule has 0 aliphatic heterocycles. The molecule has 0 saturated heterocycles. The van der Waals surface area contributed by atoms with Crippen molar-refractivity contribution < 1.29 is 30.5 Å². The summed E-state index contributed by atoms with van der Waals surface area (Å²) in [4.78, 5) is 0. The first kappa shape index (κ1) is 15.1. The second-order valence-electron chi connectivity index (χ2n) is 3.83. The van der Waals surface area contributed by atoms with Gasteiger partial charge < -0.3 is 0 Å². The lowest BCUT2D eigenvalue weighted by molar-refractivity contribution is -0.699. The molecular formula is C8H15N2O6S2+. The summed E-state index contributed by atoms with van der Waals surface area (Å²) in [7, 11) is -6.95. The Labute approximate surface area is 105 Å². The van der Waals surface area contributed by atoms with Gasteiger partial charge in [0.1, 0.15) is 11.9 Å². The van der Waals surface area contributed by atoms with Crippen LogP contribution in [0.15, 0.2) is 6.20 Å². The van der Waals surface area contributed by atoms with Gasteiger partial charge in [0.05, 0.1) is 13.6 Å². The monoisotopic (exact) mass is 299 g/mol. The van der Waals surface area contributed by atoms with E-state index in [9.17, 15) is 16.8 Å². The minimum Gasteiger partial charge on any atom is -0.285 e. The van der Waals surface area contributed by atoms with Crippen molar-refractivity contribution in [2.24, 2.45) is 7.05 Å². The quantitative estimate of drug-likeness (QED) is 0.538. The van der Waals surface area contributed by atoms with Crippen LogP contribution in [-0.2, 0) is 45.3 Å². The summed E-state index contributed by atoms with van der Waals surface area (Å²) in [5.41, 5.74) is 0.234. The molecule has 8 nitrogen and oxygen atoms in total. The first-order valence-corrected chi connectivity index (χ1v) is 8.22. The van der Waals surface area contributed by atoms with Gasteiger partial charge in [-0.05, 0) is 6.92 Å². The van der Waals surface area contributed by atoms with Gasteiger partial charge in [0, 0.05) is 0 Å². The number of rotatable bonds is 5. The lowest BCUT2D eigenvalue weighted by Gasteiger charge is -1.99. The highest BCUT2D eigenvalue weighted by Crippen LogP contribution is 2.08. The maximum Gasteiger partial charge on any atom is 0.276 e. The number of hydrogen-bond acceptors (Lipinski definition) is 4. The van der Waals surface area contributed by atoms with Crippen LogP contribution < -0.4 is 4.57 Å². The van der Waals surface area contributed by atoms with E-state index in [0.717, 1.165) is 0 Å². The minimum atomic E-state index is -4.22. The molecule has 0 aliphatic rings. The Balaban J connectivity index is 3.27. The molecule has 0 unspecified atom stereocenters. The summed E-state index contributed by atoms with van der Waals surface area (Å²) in [5.74, 6) is -1.00. The molecule has 10 heteroatoms. The van der Waals surface area contributed by atoms with E-state index in [1.807, 2.05) is 0 Å². The Kier molecular flexibility index (Phi) is 4.15. The molecule has 0 atom stereocenters. The predicted molar refractivity (Wildman–Crippen MR) is 61.8 cm³/mol. The van der Waals surface area contributed by atoms with E-state index in [-0.39, 0.29) is 11.5 Å². The van der Waals surface area contributed by atoms with E-state index in [1.165, 1.54) is 22.4 Å². The SMILES string of the molecule is CC[n+]1cc(CS(=O)(=O)O)n(C)c1CS(=O)(=O)O. The number of nitrogens with zero attached hydrogens (tertiary/aromatic N) is 2. The second kappa shape index (κ2) is 4.96. The van der Waals surface area contributed by atoms with Crippen LogP contribution in [-0.4, -0.2) is 30.5 Å². The molecule has 0 aliphatic carbocycles. The molecule has 0 bridgehead atoms. The van der Waals surface area contributed by atoms with Crippen molar-refractivity contribution in [1.82, 2.24) is 4.57 Å². The molecule has 0 radical (unpaired) electrons. The summed E-state index contributed by atoms with van der Waals surface area (Å²) in [6.07, 6.45) is 1.42. The smallest absolute Gasteiger partial charge is 0.276 e. The second-order valence-corrected chi connectivity index (χ2v) is 6.74. The Morgan fingerprint density at radius 3 is 2.06 bits per heavy atom. The molecule has 1 rings (SSSR count). The highest BCUT2D eigenvalue weighted by atomic mass is 32.2. The standard InChI is InChI=1S/C8H14N2O6S2/c1-3-10-4-7(5-17(11,12)13)9(2)8(10)6-18(14,15)16/h4H,3,5-6H2,1-2H3,(H-,11,12,13,14,15,16)/p+1. The van der Waals surface area contributed by atoms with Gasteiger partial charge in [-0.25, -0.2) is 9.13 Å². The van der Waals surface area contributed by atoms with Crippen molar-refractivity contribution in [3.63, 3.8) is 0 Å². The molecule has 18 heavy (non-hydrogen) atoms. The van der Waals surface area contributed by atoms with E-state index in [0.29, 0.717) is 6.54 Å². The third-order valence-electron chi connectivity index (χ3n) is 2.44. The maximum absolute atomic E-state index is 10.9. The van der Waals surface area contributed by atoms with E-state index in [4.69, 9.17) is 9.11 Å². The van der Waals surface area contributed by atoms with Gasteiger partial charge >= 0.3 is 0 Å². The van der Waals surface area contributed by atoms with E-state index in [2.05, 4.69) is 0 Å². The Hall–Kier alpha value is -0.970. The van der Waals surface area contributed by atoms with E-state index < -0.39 is 31.7 Å². The van der Waals surface area contributed by atoms with Crippen LogP contribution in [0.2, 0.25) is 0 Å². The van der Waals surface area contributed by atoms with Crippen LogP contribution in [0.3, 0.4) is 0 Å². The van der Waals surface area contributed by atoms with Crippen LogP contribution in [0, 0.1) is 0 Å². The molecular weight excluding hydrogens is 284 g/mol. The van der Waals surface area contributed by atoms with Crippen molar-refractivity contribution in [3.05, 3.63) is 17.7 Å². The van der Waals surface area contributed by atoms with E-state index >= 15 is 0 Å². The number of hydrogen-bond donors (Lipinski definition) is 2. The third-order valence-corrected chi connectivity index (χ3v) is 3.72. The fourth-order valence-corrected chi connectivity index (χ4v) is 2.96. The zero-order chi connectivity index (χ0) is 14.1. The molecule has 2 N–H and O–H groups in total. The molecule has 0 saturated carbocycles. The van der Waals surface area contributed by atoms with Crippen molar-refractivity contribution in [2.75, 3.05) is 0 Å². The van der Waals surface area contributed by atoms with Gasteiger partial charge in [-0.3, -0.25) is 9.11 Å². The van der Waals surface area contributed by atoms with Crippen LogP contribution in [0.4, 0.5) is 0 Å². The van der Waals surface area contributed by atoms with Gasteiger partial charge in [-0.1, -0.05) is 0 Å². The van der Waals surface area contributed by atoms with Gasteiger partial charge in [-0.2, -0.15) is 16.8 Å². The molecule has 1 aromatic heterocycles. The molecule has 0 aromatic carbocycles. The molecule has 0 amide bonds. The maximum atomic E-state index is 10.9. The fraction of sp³-hybridized carbons (Fsp3) is 0.625. The van der Waals surface area contributed by atoms with Gasteiger partial charge in [-0.15, -0.1) is 0 Å². The van der Waals surface area contributed by atoms with Crippen molar-refractivity contribution in [2.45, 2.75) is 25.0 Å². The summed E-state index contributed by atoms with van der Waals surface area (Å²) in [6.45, 7) is 2.15. The van der Waals surface area contributed by atoms with Crippen molar-refractivity contribution in [1.29, 1.82) is 0 Å². The third kappa shape index (κ3) is 4.05. The van der Waals surface area contributed by atoms with Gasteiger partial charge in [0.25, 0.3) is 26.1 Å². The zero-order valence-corrected chi connectivity index (χ0v) is 11.6.